The third kappa shape index (κ3) is 2.27. The van der Waals surface area contributed by atoms with Crippen molar-refractivity contribution in [2.75, 3.05) is 0 Å². The van der Waals surface area contributed by atoms with E-state index in [-0.39, 0.29) is 5.63 Å². The van der Waals surface area contributed by atoms with Crippen LogP contribution in [0.3, 0.4) is 0 Å². The Hall–Kier alpha value is -2.73. The summed E-state index contributed by atoms with van der Waals surface area (Å²) in [5.41, 5.74) is 2.96. The molecule has 23 heavy (non-hydrogen) atoms. The molecule has 4 rings (SSSR count). The van der Waals surface area contributed by atoms with E-state index in [0.29, 0.717) is 16.7 Å². The molecule has 0 saturated carbocycles. The van der Waals surface area contributed by atoms with E-state index in [1.54, 1.807) is 17.7 Å². The molecule has 0 atom stereocenters. The van der Waals surface area contributed by atoms with Gasteiger partial charge in [0, 0.05) is 17.0 Å². The van der Waals surface area contributed by atoms with Gasteiger partial charge in [-0.15, -0.1) is 11.3 Å². The molecule has 3 heterocycles. The SMILES string of the molecule is Cc1cc2nn(-c3nc(-c4ccccc4)cs3)c(C)c2c(=O)o1. The molecule has 1 aromatic carbocycles. The van der Waals surface area contributed by atoms with Crippen molar-refractivity contribution in [2.24, 2.45) is 0 Å². The number of aryl methyl sites for hydroxylation is 2. The Kier molecular flexibility index (Phi) is 3.12. The van der Waals surface area contributed by atoms with Crippen molar-refractivity contribution in [3.05, 3.63) is 63.7 Å². The molecule has 0 bridgehead atoms. The number of benzene rings is 1. The average Bonchev–Trinajstić information content (AvgIpc) is 3.13. The van der Waals surface area contributed by atoms with E-state index in [2.05, 4.69) is 10.1 Å². The number of aromatic nitrogens is 3. The number of rotatable bonds is 2. The van der Waals surface area contributed by atoms with Crippen molar-refractivity contribution in [1.29, 1.82) is 0 Å². The maximum Gasteiger partial charge on any atom is 0.347 e. The molecule has 0 saturated heterocycles. The lowest BCUT2D eigenvalue weighted by Crippen LogP contribution is -2.02. The van der Waals surface area contributed by atoms with Gasteiger partial charge in [0.1, 0.15) is 16.7 Å². The second kappa shape index (κ2) is 5.17. The molecule has 0 fully saturated rings. The molecule has 0 N–H and O–H groups in total. The summed E-state index contributed by atoms with van der Waals surface area (Å²) in [6.07, 6.45) is 0. The van der Waals surface area contributed by atoms with E-state index >= 15 is 0 Å². The Morgan fingerprint density at radius 2 is 1.96 bits per heavy atom. The van der Waals surface area contributed by atoms with E-state index in [4.69, 9.17) is 4.42 Å². The van der Waals surface area contributed by atoms with E-state index in [1.807, 2.05) is 42.6 Å². The lowest BCUT2D eigenvalue weighted by Gasteiger charge is -1.98. The molecule has 0 aliphatic carbocycles. The van der Waals surface area contributed by atoms with Gasteiger partial charge in [-0.3, -0.25) is 0 Å². The van der Waals surface area contributed by atoms with Crippen LogP contribution in [-0.2, 0) is 0 Å². The minimum Gasteiger partial charge on any atom is -0.428 e. The first-order valence-corrected chi connectivity index (χ1v) is 8.03. The zero-order valence-electron chi connectivity index (χ0n) is 12.6. The van der Waals surface area contributed by atoms with Crippen molar-refractivity contribution < 1.29 is 4.42 Å². The fraction of sp³-hybridized carbons (Fsp3) is 0.118. The normalized spacial score (nSPS) is 11.2. The molecule has 0 aliphatic heterocycles. The van der Waals surface area contributed by atoms with Gasteiger partial charge in [-0.05, 0) is 13.8 Å². The van der Waals surface area contributed by atoms with Crippen molar-refractivity contribution in [2.45, 2.75) is 13.8 Å². The van der Waals surface area contributed by atoms with Crippen LogP contribution < -0.4 is 5.63 Å². The predicted molar refractivity (Wildman–Crippen MR) is 90.2 cm³/mol. The predicted octanol–water partition coefficient (Wildman–Crippen LogP) is 3.72. The molecule has 0 radical (unpaired) electrons. The van der Waals surface area contributed by atoms with E-state index in [1.165, 1.54) is 11.3 Å². The van der Waals surface area contributed by atoms with Crippen LogP contribution >= 0.6 is 11.3 Å². The first kappa shape index (κ1) is 13.9. The summed E-state index contributed by atoms with van der Waals surface area (Å²) >= 11 is 1.49. The third-order valence-corrected chi connectivity index (χ3v) is 4.50. The monoisotopic (exact) mass is 323 g/mol. The number of thiazole rings is 1. The smallest absolute Gasteiger partial charge is 0.347 e. The number of hydrogen-bond donors (Lipinski definition) is 0. The molecule has 114 valence electrons. The van der Waals surface area contributed by atoms with Crippen LogP contribution in [0.1, 0.15) is 11.5 Å². The molecule has 4 aromatic rings. The summed E-state index contributed by atoms with van der Waals surface area (Å²) < 4.78 is 6.88. The molecule has 0 amide bonds. The molecular formula is C17H13N3O2S. The van der Waals surface area contributed by atoms with Gasteiger partial charge in [0.05, 0.1) is 11.4 Å². The molecule has 0 aliphatic rings. The van der Waals surface area contributed by atoms with Crippen molar-refractivity contribution in [3.8, 4) is 16.4 Å². The highest BCUT2D eigenvalue weighted by atomic mass is 32.1. The van der Waals surface area contributed by atoms with Gasteiger partial charge < -0.3 is 4.42 Å². The van der Waals surface area contributed by atoms with Gasteiger partial charge in [0.15, 0.2) is 0 Å². The number of nitrogens with zero attached hydrogens (tertiary/aromatic N) is 3. The third-order valence-electron chi connectivity index (χ3n) is 3.68. The van der Waals surface area contributed by atoms with Crippen molar-refractivity contribution in [1.82, 2.24) is 14.8 Å². The standard InChI is InChI=1S/C17H13N3O2S/c1-10-8-13-15(16(21)22-10)11(2)20(19-13)17-18-14(9-23-17)12-6-4-3-5-7-12/h3-9H,1-2H3. The highest BCUT2D eigenvalue weighted by Gasteiger charge is 2.16. The summed E-state index contributed by atoms with van der Waals surface area (Å²) in [7, 11) is 0. The van der Waals surface area contributed by atoms with Crippen LogP contribution in [0.5, 0.6) is 0 Å². The van der Waals surface area contributed by atoms with Crippen LogP contribution in [0.25, 0.3) is 27.3 Å². The van der Waals surface area contributed by atoms with Crippen LogP contribution in [-0.4, -0.2) is 14.8 Å². The molecule has 5 nitrogen and oxygen atoms in total. The number of hydrogen-bond acceptors (Lipinski definition) is 5. The summed E-state index contributed by atoms with van der Waals surface area (Å²) in [5, 5.41) is 7.74. The summed E-state index contributed by atoms with van der Waals surface area (Å²) in [4.78, 5) is 16.7. The van der Waals surface area contributed by atoms with Crippen LogP contribution in [0, 0.1) is 13.8 Å². The molecular weight excluding hydrogens is 310 g/mol. The largest absolute Gasteiger partial charge is 0.428 e. The molecule has 0 unspecified atom stereocenters. The van der Waals surface area contributed by atoms with E-state index in [0.717, 1.165) is 22.1 Å². The first-order chi connectivity index (χ1) is 11.1. The quantitative estimate of drug-likeness (QED) is 0.564. The van der Waals surface area contributed by atoms with E-state index < -0.39 is 0 Å². The fourth-order valence-corrected chi connectivity index (χ4v) is 3.42. The second-order valence-corrected chi connectivity index (χ2v) is 6.12. The van der Waals surface area contributed by atoms with Gasteiger partial charge >= 0.3 is 5.63 Å². The van der Waals surface area contributed by atoms with Crippen LogP contribution in [0.2, 0.25) is 0 Å². The molecule has 6 heteroatoms. The van der Waals surface area contributed by atoms with E-state index in [9.17, 15) is 4.79 Å². The summed E-state index contributed by atoms with van der Waals surface area (Å²) in [5.74, 6) is 0.552. The number of fused-ring (bicyclic) bond motifs is 1. The van der Waals surface area contributed by atoms with Gasteiger partial charge in [-0.25, -0.2) is 14.5 Å². The van der Waals surface area contributed by atoms with Crippen LogP contribution in [0.15, 0.2) is 51.0 Å². The maximum absolute atomic E-state index is 12.1. The Balaban J connectivity index is 1.87. The minimum atomic E-state index is -0.358. The van der Waals surface area contributed by atoms with Gasteiger partial charge in [-0.2, -0.15) is 5.10 Å². The zero-order chi connectivity index (χ0) is 16.0. The first-order valence-electron chi connectivity index (χ1n) is 7.15. The molecule has 3 aromatic heterocycles. The zero-order valence-corrected chi connectivity index (χ0v) is 13.4. The lowest BCUT2D eigenvalue weighted by molar-refractivity contribution is 0.488. The minimum absolute atomic E-state index is 0.358. The van der Waals surface area contributed by atoms with Crippen molar-refractivity contribution in [3.63, 3.8) is 0 Å². The average molecular weight is 323 g/mol. The van der Waals surface area contributed by atoms with Gasteiger partial charge in [-0.1, -0.05) is 30.3 Å². The molecule has 0 spiro atoms. The van der Waals surface area contributed by atoms with Crippen molar-refractivity contribution >= 4 is 22.2 Å². The van der Waals surface area contributed by atoms with Crippen LogP contribution in [0.4, 0.5) is 0 Å². The maximum atomic E-state index is 12.1. The highest BCUT2D eigenvalue weighted by Crippen LogP contribution is 2.26. The Labute approximate surface area is 135 Å². The lowest BCUT2D eigenvalue weighted by atomic mass is 10.2. The van der Waals surface area contributed by atoms with Gasteiger partial charge in [0.25, 0.3) is 0 Å². The fourth-order valence-electron chi connectivity index (χ4n) is 2.59. The topological polar surface area (TPSA) is 60.9 Å². The van der Waals surface area contributed by atoms with Gasteiger partial charge in [0.2, 0.25) is 5.13 Å². The summed E-state index contributed by atoms with van der Waals surface area (Å²) in [6.45, 7) is 3.59. The second-order valence-electron chi connectivity index (χ2n) is 5.28. The Morgan fingerprint density at radius 3 is 2.74 bits per heavy atom. The summed E-state index contributed by atoms with van der Waals surface area (Å²) in [6, 6.07) is 11.7. The Bertz CT molecular complexity index is 1060. The highest BCUT2D eigenvalue weighted by molar-refractivity contribution is 7.12. The Morgan fingerprint density at radius 1 is 1.17 bits per heavy atom.